The van der Waals surface area contributed by atoms with Crippen LogP contribution in [0.3, 0.4) is 0 Å². The molecule has 2 heterocycles. The van der Waals surface area contributed by atoms with Crippen LogP contribution < -0.4 is 9.80 Å². The van der Waals surface area contributed by atoms with Gasteiger partial charge in [0.1, 0.15) is 18.9 Å². The minimum Gasteiger partial charge on any atom is -0.468 e. The first-order chi connectivity index (χ1) is 11.6. The Labute approximate surface area is 142 Å². The topological polar surface area (TPSA) is 36.0 Å². The first-order valence-corrected chi connectivity index (χ1v) is 8.09. The smallest absolute Gasteiger partial charge is 0.320 e. The predicted octanol–water partition coefficient (Wildman–Crippen LogP) is 2.76. The van der Waals surface area contributed by atoms with Crippen molar-refractivity contribution in [2.24, 2.45) is 0 Å². The molecule has 0 fully saturated rings. The van der Waals surface area contributed by atoms with Gasteiger partial charge in [0.25, 0.3) is 0 Å². The van der Waals surface area contributed by atoms with Crippen LogP contribution in [0.1, 0.15) is 23.5 Å². The van der Waals surface area contributed by atoms with Crippen molar-refractivity contribution in [3.8, 4) is 0 Å². The van der Waals surface area contributed by atoms with Crippen molar-refractivity contribution in [2.75, 3.05) is 37.5 Å². The molecule has 5 nitrogen and oxygen atoms in total. The SMILES string of the molecule is COC(=O)CN1C2c3ccccc3N(C)C1c1ccccc1N2C. The zero-order valence-electron chi connectivity index (χ0n) is 14.1. The summed E-state index contributed by atoms with van der Waals surface area (Å²) in [4.78, 5) is 18.8. The Kier molecular flexibility index (Phi) is 3.46. The highest BCUT2D eigenvalue weighted by molar-refractivity contribution is 5.74. The van der Waals surface area contributed by atoms with E-state index >= 15 is 0 Å². The Bertz CT molecular complexity index is 734. The van der Waals surface area contributed by atoms with Gasteiger partial charge in [0.05, 0.1) is 7.11 Å². The number of ether oxygens (including phenoxy) is 1. The number of carbonyl (C=O) groups is 1. The maximum Gasteiger partial charge on any atom is 0.320 e. The van der Waals surface area contributed by atoms with Crippen molar-refractivity contribution in [2.45, 2.75) is 12.3 Å². The molecule has 2 aliphatic rings. The molecule has 2 aliphatic heterocycles. The number of nitrogens with zero attached hydrogens (tertiary/aromatic N) is 3. The Morgan fingerprint density at radius 2 is 1.38 bits per heavy atom. The van der Waals surface area contributed by atoms with Gasteiger partial charge in [0.15, 0.2) is 0 Å². The third kappa shape index (κ3) is 2.01. The van der Waals surface area contributed by atoms with E-state index < -0.39 is 0 Å². The third-order valence-electron chi connectivity index (χ3n) is 5.09. The zero-order chi connectivity index (χ0) is 16.8. The van der Waals surface area contributed by atoms with Crippen molar-refractivity contribution in [1.82, 2.24) is 4.90 Å². The van der Waals surface area contributed by atoms with Gasteiger partial charge in [-0.1, -0.05) is 36.4 Å². The van der Waals surface area contributed by atoms with Crippen molar-refractivity contribution in [3.63, 3.8) is 0 Å². The lowest BCUT2D eigenvalue weighted by atomic mass is 9.93. The van der Waals surface area contributed by atoms with Gasteiger partial charge in [-0.3, -0.25) is 4.79 Å². The zero-order valence-corrected chi connectivity index (χ0v) is 14.1. The van der Waals surface area contributed by atoms with Crippen LogP contribution in [0, 0.1) is 0 Å². The summed E-state index contributed by atoms with van der Waals surface area (Å²) in [5, 5.41) is 0. The maximum absolute atomic E-state index is 12.0. The molecule has 2 atom stereocenters. The number of hydrogen-bond acceptors (Lipinski definition) is 5. The number of esters is 1. The molecule has 0 saturated heterocycles. The Hall–Kier alpha value is -2.53. The lowest BCUT2D eigenvalue weighted by Gasteiger charge is -2.55. The summed E-state index contributed by atoms with van der Waals surface area (Å²) in [5.41, 5.74) is 4.82. The number of rotatable bonds is 2. The number of methoxy groups -OCH3 is 1. The molecule has 2 unspecified atom stereocenters. The van der Waals surface area contributed by atoms with Gasteiger partial charge in [0.2, 0.25) is 0 Å². The van der Waals surface area contributed by atoms with Crippen LogP contribution in [0.4, 0.5) is 11.4 Å². The van der Waals surface area contributed by atoms with Gasteiger partial charge < -0.3 is 14.5 Å². The summed E-state index contributed by atoms with van der Waals surface area (Å²) >= 11 is 0. The van der Waals surface area contributed by atoms with Crippen LogP contribution in [0.2, 0.25) is 0 Å². The fourth-order valence-electron chi connectivity index (χ4n) is 4.06. The molecular formula is C19H21N3O2. The van der Waals surface area contributed by atoms with Crippen LogP contribution in [-0.4, -0.2) is 38.6 Å². The van der Waals surface area contributed by atoms with Gasteiger partial charge in [0, 0.05) is 36.6 Å². The van der Waals surface area contributed by atoms with Gasteiger partial charge in [-0.15, -0.1) is 0 Å². The molecule has 0 radical (unpaired) electrons. The number of benzene rings is 2. The molecule has 5 heteroatoms. The molecule has 2 bridgehead atoms. The highest BCUT2D eigenvalue weighted by Gasteiger charge is 2.46. The molecule has 4 rings (SSSR count). The molecule has 0 spiro atoms. The van der Waals surface area contributed by atoms with Crippen LogP contribution in [0.25, 0.3) is 0 Å². The van der Waals surface area contributed by atoms with Gasteiger partial charge >= 0.3 is 5.97 Å². The third-order valence-corrected chi connectivity index (χ3v) is 5.09. The van der Waals surface area contributed by atoms with E-state index in [1.54, 1.807) is 0 Å². The Balaban J connectivity index is 1.92. The highest BCUT2D eigenvalue weighted by Crippen LogP contribution is 2.51. The van der Waals surface area contributed by atoms with Crippen LogP contribution in [0.15, 0.2) is 48.5 Å². The summed E-state index contributed by atoms with van der Waals surface area (Å²) in [6, 6.07) is 16.8. The second-order valence-electron chi connectivity index (χ2n) is 6.34. The van der Waals surface area contributed by atoms with E-state index in [0.717, 1.165) is 0 Å². The second kappa shape index (κ2) is 5.53. The molecule has 0 aromatic heterocycles. The van der Waals surface area contributed by atoms with Gasteiger partial charge in [-0.05, 0) is 12.1 Å². The molecule has 0 aliphatic carbocycles. The standard InChI is InChI=1S/C19H21N3O2/c1-20-15-10-6-4-8-13(15)19-21(2)16-11-7-5-9-14(16)18(20)22(19)12-17(23)24-3/h4-11,18-19H,12H2,1-3H3. The molecular weight excluding hydrogens is 302 g/mol. The fraction of sp³-hybridized carbons (Fsp3) is 0.316. The van der Waals surface area contributed by atoms with E-state index in [2.05, 4.69) is 77.3 Å². The predicted molar refractivity (Wildman–Crippen MR) is 93.9 cm³/mol. The Morgan fingerprint density at radius 3 is 1.83 bits per heavy atom. The van der Waals surface area contributed by atoms with Crippen molar-refractivity contribution < 1.29 is 9.53 Å². The molecule has 0 saturated carbocycles. The van der Waals surface area contributed by atoms with Crippen molar-refractivity contribution in [3.05, 3.63) is 59.7 Å². The van der Waals surface area contributed by atoms with Gasteiger partial charge in [-0.2, -0.15) is 0 Å². The summed E-state index contributed by atoms with van der Waals surface area (Å²) < 4.78 is 4.95. The number of fused-ring (bicyclic) bond motifs is 6. The van der Waals surface area contributed by atoms with Crippen LogP contribution in [-0.2, 0) is 9.53 Å². The number of para-hydroxylation sites is 2. The second-order valence-corrected chi connectivity index (χ2v) is 6.34. The molecule has 2 aromatic carbocycles. The monoisotopic (exact) mass is 323 g/mol. The number of anilines is 2. The average molecular weight is 323 g/mol. The first kappa shape index (κ1) is 15.0. The molecule has 0 amide bonds. The van der Waals surface area contributed by atoms with E-state index in [9.17, 15) is 4.79 Å². The normalized spacial score (nSPS) is 22.0. The number of carbonyl (C=O) groups excluding carboxylic acids is 1. The van der Waals surface area contributed by atoms with Crippen LogP contribution in [0.5, 0.6) is 0 Å². The van der Waals surface area contributed by atoms with Crippen molar-refractivity contribution in [1.29, 1.82) is 0 Å². The molecule has 24 heavy (non-hydrogen) atoms. The van der Waals surface area contributed by atoms with Crippen LogP contribution >= 0.6 is 0 Å². The summed E-state index contributed by atoms with van der Waals surface area (Å²) in [7, 11) is 5.62. The summed E-state index contributed by atoms with van der Waals surface area (Å²) in [6.07, 6.45) is 0.0211. The Morgan fingerprint density at radius 1 is 0.917 bits per heavy atom. The molecule has 2 aromatic rings. The maximum atomic E-state index is 12.0. The minimum absolute atomic E-state index is 0.0106. The lowest BCUT2D eigenvalue weighted by Crippen LogP contribution is -2.56. The van der Waals surface area contributed by atoms with E-state index in [1.165, 1.54) is 29.6 Å². The minimum atomic E-state index is -0.217. The number of hydrogen-bond donors (Lipinski definition) is 0. The average Bonchev–Trinajstić information content (AvgIpc) is 2.61. The van der Waals surface area contributed by atoms with E-state index in [1.807, 2.05) is 0 Å². The lowest BCUT2D eigenvalue weighted by molar-refractivity contribution is -0.143. The summed E-state index contributed by atoms with van der Waals surface area (Å²) in [5.74, 6) is -0.217. The summed E-state index contributed by atoms with van der Waals surface area (Å²) in [6.45, 7) is 0.253. The molecule has 0 N–H and O–H groups in total. The molecule has 124 valence electrons. The van der Waals surface area contributed by atoms with E-state index in [4.69, 9.17) is 4.74 Å². The highest BCUT2D eigenvalue weighted by atomic mass is 16.5. The van der Waals surface area contributed by atoms with Crippen molar-refractivity contribution >= 4 is 17.3 Å². The van der Waals surface area contributed by atoms with E-state index in [0.29, 0.717) is 0 Å². The van der Waals surface area contributed by atoms with Gasteiger partial charge in [-0.25, -0.2) is 4.90 Å². The largest absolute Gasteiger partial charge is 0.468 e. The fourth-order valence-corrected chi connectivity index (χ4v) is 4.06. The van der Waals surface area contributed by atoms with E-state index in [-0.39, 0.29) is 24.8 Å². The first-order valence-electron chi connectivity index (χ1n) is 8.09. The quantitative estimate of drug-likeness (QED) is 0.794.